The van der Waals surface area contributed by atoms with Gasteiger partial charge in [-0.05, 0) is 0 Å². The van der Waals surface area contributed by atoms with Crippen molar-refractivity contribution in [3.05, 3.63) is 45.2 Å². The van der Waals surface area contributed by atoms with Crippen molar-refractivity contribution in [3.8, 4) is 0 Å². The van der Waals surface area contributed by atoms with Crippen LogP contribution in [-0.2, 0) is 14.3 Å². The molecular weight excluding hydrogens is 296 g/mol. The summed E-state index contributed by atoms with van der Waals surface area (Å²) in [5, 5.41) is 7.10. The molecule has 2 rings (SSSR count). The molecule has 3 N–H and O–H groups in total. The molecule has 0 unspecified atom stereocenters. The number of nitrogens with zero attached hydrogens (tertiary/aromatic N) is 1. The van der Waals surface area contributed by atoms with Crippen LogP contribution in [0.3, 0.4) is 0 Å². The minimum absolute atomic E-state index is 0.0880. The van der Waals surface area contributed by atoms with Gasteiger partial charge >= 0.3 is 11.9 Å². The van der Waals surface area contributed by atoms with E-state index in [-0.39, 0.29) is 17.0 Å². The lowest BCUT2D eigenvalue weighted by atomic mass is 10.7. The molecule has 120 valence electrons. The van der Waals surface area contributed by atoms with E-state index in [0.29, 0.717) is 0 Å². The molecule has 2 aromatic rings. The average molecular weight is 312 g/mol. The molecule has 0 radical (unpaired) electrons. The smallest absolute Gasteiger partial charge is 0.310 e. The summed E-state index contributed by atoms with van der Waals surface area (Å²) in [5.74, 6) is -1.32. The minimum Gasteiger partial charge on any atom is -0.394 e. The van der Waals surface area contributed by atoms with E-state index in [1.165, 1.54) is 39.1 Å². The highest BCUT2D eigenvalue weighted by atomic mass is 16.6. The van der Waals surface area contributed by atoms with Crippen molar-refractivity contribution in [1.82, 2.24) is 20.0 Å². The van der Waals surface area contributed by atoms with Crippen molar-refractivity contribution in [3.63, 3.8) is 0 Å². The Kier molecular flexibility index (Phi) is 8.29. The standard InChI is InChI=1S/C5H6N2O2.C4H6O3.C3H4N2O/c1-4(8)7-3-2-5(9)6-7;1-3(5)7-4(2)6;6-3-1-2-4-5-3/h2-3H,1H3,(H,6,9);1-2H3;1-2H,(H2,4,5,6). The Morgan fingerprint density at radius 2 is 1.59 bits per heavy atom. The number of rotatable bonds is 0. The van der Waals surface area contributed by atoms with Gasteiger partial charge in [-0.15, -0.1) is 0 Å². The van der Waals surface area contributed by atoms with Gasteiger partial charge in [-0.3, -0.25) is 34.2 Å². The molecule has 2 aromatic heterocycles. The Morgan fingerprint density at radius 3 is 1.73 bits per heavy atom. The van der Waals surface area contributed by atoms with E-state index in [1.807, 2.05) is 0 Å². The maximum absolute atomic E-state index is 10.5. The van der Waals surface area contributed by atoms with Crippen LogP contribution in [0.25, 0.3) is 0 Å². The van der Waals surface area contributed by atoms with Crippen molar-refractivity contribution in [2.24, 2.45) is 0 Å². The fourth-order valence-corrected chi connectivity index (χ4v) is 0.993. The highest BCUT2D eigenvalue weighted by Gasteiger charge is 1.94. The van der Waals surface area contributed by atoms with Crippen LogP contribution in [0.4, 0.5) is 0 Å². The van der Waals surface area contributed by atoms with Crippen LogP contribution < -0.4 is 11.1 Å². The van der Waals surface area contributed by atoms with Gasteiger partial charge in [0, 0.05) is 45.3 Å². The third kappa shape index (κ3) is 9.72. The van der Waals surface area contributed by atoms with Gasteiger partial charge in [0.25, 0.3) is 11.1 Å². The predicted molar refractivity (Wildman–Crippen MR) is 75.2 cm³/mol. The van der Waals surface area contributed by atoms with Crippen LogP contribution in [0.15, 0.2) is 34.1 Å². The highest BCUT2D eigenvalue weighted by molar-refractivity contribution is 5.82. The highest BCUT2D eigenvalue weighted by Crippen LogP contribution is 1.76. The number of carbonyl (C=O) groups excluding carboxylic acids is 3. The zero-order chi connectivity index (χ0) is 17.1. The third-order valence-corrected chi connectivity index (χ3v) is 1.75. The molecule has 0 aliphatic carbocycles. The third-order valence-electron chi connectivity index (χ3n) is 1.75. The normalized spacial score (nSPS) is 8.68. The zero-order valence-corrected chi connectivity index (χ0v) is 12.2. The molecule has 0 saturated heterocycles. The van der Waals surface area contributed by atoms with Gasteiger partial charge < -0.3 is 9.84 Å². The van der Waals surface area contributed by atoms with Gasteiger partial charge in [-0.2, -0.15) is 0 Å². The summed E-state index contributed by atoms with van der Waals surface area (Å²) in [6, 6.07) is 2.71. The van der Waals surface area contributed by atoms with E-state index < -0.39 is 11.9 Å². The number of hydrogen-bond donors (Lipinski definition) is 3. The lowest BCUT2D eigenvalue weighted by Gasteiger charge is -1.89. The topological polar surface area (TPSA) is 147 Å². The maximum Gasteiger partial charge on any atom is 0.310 e. The number of aromatic nitrogens is 4. The Morgan fingerprint density at radius 1 is 1.00 bits per heavy atom. The van der Waals surface area contributed by atoms with Gasteiger partial charge in [0.2, 0.25) is 5.91 Å². The number of nitrogens with one attached hydrogen (secondary N) is 3. The number of aromatic amines is 3. The van der Waals surface area contributed by atoms with Crippen LogP contribution in [0.2, 0.25) is 0 Å². The number of H-pyrrole nitrogens is 3. The van der Waals surface area contributed by atoms with Gasteiger partial charge in [0.15, 0.2) is 0 Å². The minimum atomic E-state index is -0.562. The number of ether oxygens (including phenoxy) is 1. The van der Waals surface area contributed by atoms with E-state index >= 15 is 0 Å². The summed E-state index contributed by atoms with van der Waals surface area (Å²) >= 11 is 0. The molecule has 10 nitrogen and oxygen atoms in total. The Labute approximate surface area is 124 Å². The molecule has 2 heterocycles. The molecule has 0 atom stereocenters. The molecule has 0 aliphatic rings. The van der Waals surface area contributed by atoms with Crippen molar-refractivity contribution in [2.45, 2.75) is 20.8 Å². The average Bonchev–Trinajstić information content (AvgIpc) is 3.00. The van der Waals surface area contributed by atoms with Crippen LogP contribution in [-0.4, -0.2) is 37.8 Å². The molecule has 22 heavy (non-hydrogen) atoms. The summed E-state index contributed by atoms with van der Waals surface area (Å²) in [6.45, 7) is 3.73. The maximum atomic E-state index is 10.5. The molecule has 10 heteroatoms. The van der Waals surface area contributed by atoms with E-state index in [9.17, 15) is 24.0 Å². The fourth-order valence-electron chi connectivity index (χ4n) is 0.993. The first-order valence-electron chi connectivity index (χ1n) is 5.92. The second kappa shape index (κ2) is 9.69. The van der Waals surface area contributed by atoms with Crippen molar-refractivity contribution in [2.75, 3.05) is 0 Å². The monoisotopic (exact) mass is 312 g/mol. The number of carbonyl (C=O) groups is 3. The molecule has 0 aromatic carbocycles. The van der Waals surface area contributed by atoms with Gasteiger partial charge in [0.1, 0.15) is 0 Å². The quantitative estimate of drug-likeness (QED) is 0.447. The van der Waals surface area contributed by atoms with E-state index in [4.69, 9.17) is 0 Å². The Bertz CT molecular complexity index is 691. The summed E-state index contributed by atoms with van der Waals surface area (Å²) in [4.78, 5) is 50.4. The fraction of sp³-hybridized carbons (Fsp3) is 0.250. The Hall–Kier alpha value is -3.17. The van der Waals surface area contributed by atoms with Gasteiger partial charge in [-0.25, -0.2) is 4.68 Å². The molecular formula is C12H16N4O6. The first-order valence-corrected chi connectivity index (χ1v) is 5.92. The first-order chi connectivity index (χ1) is 10.2. The van der Waals surface area contributed by atoms with Crippen molar-refractivity contribution in [1.29, 1.82) is 0 Å². The number of esters is 2. The van der Waals surface area contributed by atoms with Gasteiger partial charge in [0.05, 0.1) is 0 Å². The molecule has 0 bridgehead atoms. The number of hydrogen-bond acceptors (Lipinski definition) is 6. The van der Waals surface area contributed by atoms with E-state index in [1.54, 1.807) is 6.20 Å². The first kappa shape index (κ1) is 18.8. The SMILES string of the molecule is CC(=O)OC(C)=O.CC(=O)n1ccc(=O)[nH]1.O=c1cc[nH][nH]1. The molecule has 0 amide bonds. The lowest BCUT2D eigenvalue weighted by molar-refractivity contribution is -0.156. The van der Waals surface area contributed by atoms with E-state index in [2.05, 4.69) is 20.0 Å². The largest absolute Gasteiger partial charge is 0.394 e. The van der Waals surface area contributed by atoms with Crippen molar-refractivity contribution < 1.29 is 19.1 Å². The van der Waals surface area contributed by atoms with E-state index in [0.717, 1.165) is 4.68 Å². The summed E-state index contributed by atoms with van der Waals surface area (Å²) in [6.07, 6.45) is 2.94. The predicted octanol–water partition coefficient (Wildman–Crippen LogP) is -0.364. The lowest BCUT2D eigenvalue weighted by Crippen LogP contribution is -2.10. The van der Waals surface area contributed by atoms with Crippen LogP contribution in [0.1, 0.15) is 25.6 Å². The van der Waals surface area contributed by atoms with Crippen LogP contribution in [0.5, 0.6) is 0 Å². The molecule has 0 saturated carbocycles. The molecule has 0 fully saturated rings. The second-order valence-electron chi connectivity index (χ2n) is 3.73. The molecule has 0 aliphatic heterocycles. The van der Waals surface area contributed by atoms with Crippen LogP contribution in [0, 0.1) is 0 Å². The van der Waals surface area contributed by atoms with Crippen LogP contribution >= 0.6 is 0 Å². The summed E-state index contributed by atoms with van der Waals surface area (Å²) in [7, 11) is 0. The van der Waals surface area contributed by atoms with Gasteiger partial charge in [-0.1, -0.05) is 0 Å². The van der Waals surface area contributed by atoms with Crippen molar-refractivity contribution >= 4 is 17.8 Å². The summed E-state index contributed by atoms with van der Waals surface area (Å²) in [5.41, 5.74) is -0.347. The second-order valence-corrected chi connectivity index (χ2v) is 3.73. The Balaban J connectivity index is 0.000000308. The molecule has 0 spiro atoms. The summed E-state index contributed by atoms with van der Waals surface area (Å²) < 4.78 is 5.10. The zero-order valence-electron chi connectivity index (χ0n) is 12.2.